The summed E-state index contributed by atoms with van der Waals surface area (Å²) in [5, 5.41) is 3.51. The first-order chi connectivity index (χ1) is 9.61. The molecule has 1 atom stereocenters. The van der Waals surface area contributed by atoms with Crippen molar-refractivity contribution in [2.24, 2.45) is 5.73 Å². The van der Waals surface area contributed by atoms with Crippen LogP contribution in [0.3, 0.4) is 0 Å². The molecule has 0 saturated carbocycles. The summed E-state index contributed by atoms with van der Waals surface area (Å²) in [7, 11) is 0. The summed E-state index contributed by atoms with van der Waals surface area (Å²) in [6.45, 7) is 3.03. The lowest BCUT2D eigenvalue weighted by atomic mass is 10.1. The van der Waals surface area contributed by atoms with E-state index in [-0.39, 0.29) is 11.9 Å². The Morgan fingerprint density at radius 2 is 2.25 bits per heavy atom. The van der Waals surface area contributed by atoms with E-state index in [1.54, 1.807) is 23.2 Å². The van der Waals surface area contributed by atoms with E-state index in [9.17, 15) is 4.79 Å². The number of halogens is 1. The quantitative estimate of drug-likeness (QED) is 0.885. The molecule has 0 spiro atoms. The molecule has 1 amide bonds. The van der Waals surface area contributed by atoms with Crippen LogP contribution in [0.5, 0.6) is 0 Å². The van der Waals surface area contributed by atoms with Gasteiger partial charge < -0.3 is 15.6 Å². The van der Waals surface area contributed by atoms with Crippen molar-refractivity contribution in [3.63, 3.8) is 0 Å². The Balaban J connectivity index is 2.05. The monoisotopic (exact) mass is 292 g/mol. The fraction of sp³-hybridized carbons (Fsp3) is 0.286. The second-order valence-corrected chi connectivity index (χ2v) is 4.91. The number of aromatic nitrogens is 2. The van der Waals surface area contributed by atoms with Gasteiger partial charge in [-0.2, -0.15) is 0 Å². The molecule has 1 unspecified atom stereocenters. The Hall–Kier alpha value is -1.85. The van der Waals surface area contributed by atoms with Crippen molar-refractivity contribution in [3.05, 3.63) is 53.1 Å². The van der Waals surface area contributed by atoms with Crippen LogP contribution < -0.4 is 11.1 Å². The topological polar surface area (TPSA) is 72.9 Å². The number of carbonyl (C=O) groups excluding carboxylic acids is 1. The number of nitrogens with zero attached hydrogens (tertiary/aromatic N) is 2. The Morgan fingerprint density at radius 1 is 1.50 bits per heavy atom. The van der Waals surface area contributed by atoms with E-state index in [1.807, 2.05) is 25.1 Å². The highest BCUT2D eigenvalue weighted by atomic mass is 35.5. The van der Waals surface area contributed by atoms with Crippen LogP contribution >= 0.6 is 11.6 Å². The summed E-state index contributed by atoms with van der Waals surface area (Å²) in [6, 6.07) is 7.25. The van der Waals surface area contributed by atoms with Crippen LogP contribution in [0.1, 0.15) is 29.0 Å². The number of carbonyl (C=O) groups is 1. The fourth-order valence-corrected chi connectivity index (χ4v) is 2.22. The van der Waals surface area contributed by atoms with Crippen LogP contribution in [0.4, 0.5) is 0 Å². The average Bonchev–Trinajstić information content (AvgIpc) is 2.88. The standard InChI is InChI=1S/C14H17ClN4O/c1-10(11-4-2-3-5-12(11)15)18-14(20)13-8-19(7-6-16)9-17-13/h2-5,8-10H,6-7,16H2,1H3,(H,18,20). The molecule has 2 aromatic rings. The zero-order valence-corrected chi connectivity index (χ0v) is 12.0. The number of hydrogen-bond donors (Lipinski definition) is 2. The van der Waals surface area contributed by atoms with Crippen molar-refractivity contribution in [2.75, 3.05) is 6.54 Å². The van der Waals surface area contributed by atoms with E-state index in [0.717, 1.165) is 5.56 Å². The zero-order chi connectivity index (χ0) is 14.5. The molecule has 0 radical (unpaired) electrons. The molecule has 6 heteroatoms. The van der Waals surface area contributed by atoms with Gasteiger partial charge in [-0.25, -0.2) is 4.98 Å². The van der Waals surface area contributed by atoms with Crippen LogP contribution in [0.15, 0.2) is 36.8 Å². The molecule has 1 aromatic carbocycles. The van der Waals surface area contributed by atoms with Crippen molar-refractivity contribution in [1.82, 2.24) is 14.9 Å². The van der Waals surface area contributed by atoms with Gasteiger partial charge in [0.15, 0.2) is 0 Å². The third-order valence-electron chi connectivity index (χ3n) is 2.97. The van der Waals surface area contributed by atoms with Crippen molar-refractivity contribution >= 4 is 17.5 Å². The van der Waals surface area contributed by atoms with E-state index in [1.165, 1.54) is 0 Å². The Labute approximate surface area is 122 Å². The van der Waals surface area contributed by atoms with E-state index < -0.39 is 0 Å². The Bertz CT molecular complexity index is 596. The molecule has 0 saturated heterocycles. The average molecular weight is 293 g/mol. The maximum absolute atomic E-state index is 12.1. The number of benzene rings is 1. The van der Waals surface area contributed by atoms with Crippen molar-refractivity contribution < 1.29 is 4.79 Å². The lowest BCUT2D eigenvalue weighted by molar-refractivity contribution is 0.0935. The third kappa shape index (κ3) is 3.37. The minimum atomic E-state index is -0.229. The molecule has 2 rings (SSSR count). The molecule has 3 N–H and O–H groups in total. The number of nitrogens with two attached hydrogens (primary N) is 1. The largest absolute Gasteiger partial charge is 0.344 e. The minimum absolute atomic E-state index is 0.184. The first-order valence-corrected chi connectivity index (χ1v) is 6.76. The van der Waals surface area contributed by atoms with E-state index in [2.05, 4.69) is 10.3 Å². The van der Waals surface area contributed by atoms with Gasteiger partial charge in [0.25, 0.3) is 5.91 Å². The predicted molar refractivity (Wildman–Crippen MR) is 78.6 cm³/mol. The highest BCUT2D eigenvalue weighted by Gasteiger charge is 2.15. The third-order valence-corrected chi connectivity index (χ3v) is 3.32. The maximum atomic E-state index is 12.1. The number of nitrogens with one attached hydrogen (secondary N) is 1. The van der Waals surface area contributed by atoms with Crippen molar-refractivity contribution in [1.29, 1.82) is 0 Å². The SMILES string of the molecule is CC(NC(=O)c1cn(CCN)cn1)c1ccccc1Cl. The molecular weight excluding hydrogens is 276 g/mol. The molecule has 1 aromatic heterocycles. The molecule has 0 aliphatic carbocycles. The van der Waals surface area contributed by atoms with Gasteiger partial charge in [-0.3, -0.25) is 4.79 Å². The highest BCUT2D eigenvalue weighted by Crippen LogP contribution is 2.22. The van der Waals surface area contributed by atoms with Crippen LogP contribution in [-0.4, -0.2) is 22.0 Å². The molecule has 0 aliphatic rings. The van der Waals surface area contributed by atoms with Gasteiger partial charge in [-0.1, -0.05) is 29.8 Å². The van der Waals surface area contributed by atoms with E-state index in [0.29, 0.717) is 23.8 Å². The smallest absolute Gasteiger partial charge is 0.271 e. The normalized spacial score (nSPS) is 12.2. The summed E-state index contributed by atoms with van der Waals surface area (Å²) < 4.78 is 1.79. The second-order valence-electron chi connectivity index (χ2n) is 4.50. The predicted octanol–water partition coefficient (Wildman–Crippen LogP) is 1.99. The number of imidazole rings is 1. The van der Waals surface area contributed by atoms with E-state index >= 15 is 0 Å². The van der Waals surface area contributed by atoms with E-state index in [4.69, 9.17) is 17.3 Å². The minimum Gasteiger partial charge on any atom is -0.344 e. The van der Waals surface area contributed by atoms with Gasteiger partial charge in [-0.15, -0.1) is 0 Å². The molecule has 0 fully saturated rings. The van der Waals surface area contributed by atoms with Gasteiger partial charge in [0.05, 0.1) is 12.4 Å². The van der Waals surface area contributed by atoms with Crippen LogP contribution in [-0.2, 0) is 6.54 Å². The molecule has 106 valence electrons. The zero-order valence-electron chi connectivity index (χ0n) is 11.2. The molecule has 5 nitrogen and oxygen atoms in total. The summed E-state index contributed by atoms with van der Waals surface area (Å²) in [4.78, 5) is 16.2. The summed E-state index contributed by atoms with van der Waals surface area (Å²) in [5.74, 6) is -0.229. The van der Waals surface area contributed by atoms with Crippen LogP contribution in [0, 0.1) is 0 Å². The molecular formula is C14H17ClN4O. The molecule has 0 bridgehead atoms. The van der Waals surface area contributed by atoms with Gasteiger partial charge in [0.2, 0.25) is 0 Å². The fourth-order valence-electron chi connectivity index (χ4n) is 1.92. The lowest BCUT2D eigenvalue weighted by Crippen LogP contribution is -2.27. The van der Waals surface area contributed by atoms with Crippen molar-refractivity contribution in [2.45, 2.75) is 19.5 Å². The highest BCUT2D eigenvalue weighted by molar-refractivity contribution is 6.31. The molecule has 20 heavy (non-hydrogen) atoms. The van der Waals surface area contributed by atoms with Crippen LogP contribution in [0.2, 0.25) is 5.02 Å². The summed E-state index contributed by atoms with van der Waals surface area (Å²) in [5.41, 5.74) is 6.71. The number of amides is 1. The lowest BCUT2D eigenvalue weighted by Gasteiger charge is -2.14. The number of hydrogen-bond acceptors (Lipinski definition) is 3. The van der Waals surface area contributed by atoms with Gasteiger partial charge >= 0.3 is 0 Å². The maximum Gasteiger partial charge on any atom is 0.271 e. The second kappa shape index (κ2) is 6.54. The van der Waals surface area contributed by atoms with Crippen LogP contribution in [0.25, 0.3) is 0 Å². The molecule has 1 heterocycles. The Kier molecular flexibility index (Phi) is 4.76. The molecule has 0 aliphatic heterocycles. The van der Waals surface area contributed by atoms with Gasteiger partial charge in [-0.05, 0) is 18.6 Å². The summed E-state index contributed by atoms with van der Waals surface area (Å²) in [6.07, 6.45) is 3.28. The summed E-state index contributed by atoms with van der Waals surface area (Å²) >= 11 is 6.11. The van der Waals surface area contributed by atoms with Gasteiger partial charge in [0, 0.05) is 24.3 Å². The first-order valence-electron chi connectivity index (χ1n) is 6.39. The van der Waals surface area contributed by atoms with Gasteiger partial charge in [0.1, 0.15) is 5.69 Å². The Morgan fingerprint density at radius 3 is 2.95 bits per heavy atom. The first kappa shape index (κ1) is 14.6. The van der Waals surface area contributed by atoms with Crippen molar-refractivity contribution in [3.8, 4) is 0 Å². The number of rotatable bonds is 5.